The van der Waals surface area contributed by atoms with E-state index in [0.717, 1.165) is 11.3 Å². The highest BCUT2D eigenvalue weighted by molar-refractivity contribution is 6.07. The number of nitrogens with zero attached hydrogens (tertiary/aromatic N) is 2. The second-order valence-corrected chi connectivity index (χ2v) is 6.00. The Morgan fingerprint density at radius 1 is 1.19 bits per heavy atom. The van der Waals surface area contributed by atoms with E-state index < -0.39 is 10.8 Å². The highest BCUT2D eigenvalue weighted by Crippen LogP contribution is 2.31. The number of nitro benzene ring substituents is 1. The molecule has 1 aliphatic heterocycles. The summed E-state index contributed by atoms with van der Waals surface area (Å²) in [6.45, 7) is 2.24. The van der Waals surface area contributed by atoms with Crippen molar-refractivity contribution >= 4 is 23.3 Å². The minimum absolute atomic E-state index is 0.0787. The predicted molar refractivity (Wildman–Crippen MR) is 95.0 cm³/mol. The average Bonchev–Trinajstić information content (AvgIpc) is 2.66. The topological polar surface area (TPSA) is 89.8 Å². The highest BCUT2D eigenvalue weighted by atomic mass is 16.6. The van der Waals surface area contributed by atoms with Crippen molar-refractivity contribution in [3.05, 3.63) is 69.8 Å². The van der Waals surface area contributed by atoms with Crippen molar-refractivity contribution in [3.63, 3.8) is 0 Å². The van der Waals surface area contributed by atoms with Gasteiger partial charge in [0.2, 0.25) is 0 Å². The van der Waals surface area contributed by atoms with Crippen molar-refractivity contribution in [1.29, 1.82) is 0 Å². The average molecular weight is 354 g/mol. The van der Waals surface area contributed by atoms with Crippen LogP contribution in [0.3, 0.4) is 0 Å². The number of benzene rings is 2. The molecule has 1 aliphatic rings. The van der Waals surface area contributed by atoms with Gasteiger partial charge in [0.15, 0.2) is 0 Å². The quantitative estimate of drug-likeness (QED) is 0.478. The number of carbonyl (C=O) groups excluding carboxylic acids is 2. The van der Waals surface area contributed by atoms with Crippen LogP contribution in [0.1, 0.15) is 22.8 Å². The number of fused-ring (bicyclic) bond motifs is 1. The number of carbonyl (C=O) groups is 2. The molecule has 7 heteroatoms. The van der Waals surface area contributed by atoms with Crippen molar-refractivity contribution < 1.29 is 19.2 Å². The normalized spacial score (nSPS) is 15.9. The monoisotopic (exact) mass is 354 g/mol. The number of para-hydroxylation sites is 1. The summed E-state index contributed by atoms with van der Waals surface area (Å²) in [6, 6.07) is 12.9. The van der Waals surface area contributed by atoms with E-state index in [1.165, 1.54) is 24.3 Å². The van der Waals surface area contributed by atoms with Crippen molar-refractivity contribution in [1.82, 2.24) is 0 Å². The molecule has 0 aliphatic carbocycles. The van der Waals surface area contributed by atoms with Gasteiger partial charge in [-0.2, -0.15) is 0 Å². The van der Waals surface area contributed by atoms with E-state index in [4.69, 9.17) is 4.74 Å². The molecule has 2 aromatic rings. The van der Waals surface area contributed by atoms with E-state index in [-0.39, 0.29) is 30.7 Å². The lowest BCUT2D eigenvalue weighted by molar-refractivity contribution is -0.384. The third-order valence-corrected chi connectivity index (χ3v) is 4.34. The molecule has 0 aromatic heterocycles. The largest absolute Gasteiger partial charge is 0.466 e. The zero-order valence-corrected chi connectivity index (χ0v) is 14.3. The molecule has 1 heterocycles. The van der Waals surface area contributed by atoms with E-state index in [0.29, 0.717) is 12.0 Å². The van der Waals surface area contributed by atoms with E-state index in [1.807, 2.05) is 24.3 Å². The van der Waals surface area contributed by atoms with Crippen LogP contribution in [0.2, 0.25) is 0 Å². The summed E-state index contributed by atoms with van der Waals surface area (Å²) in [4.78, 5) is 37.0. The molecule has 134 valence electrons. The molecule has 0 N–H and O–H groups in total. The fourth-order valence-corrected chi connectivity index (χ4v) is 3.09. The van der Waals surface area contributed by atoms with Gasteiger partial charge in [0, 0.05) is 29.9 Å². The fraction of sp³-hybridized carbons (Fsp3) is 0.263. The second kappa shape index (κ2) is 7.35. The summed E-state index contributed by atoms with van der Waals surface area (Å²) in [5.74, 6) is -1.07. The molecular formula is C19H18N2O5. The van der Waals surface area contributed by atoms with Crippen LogP contribution < -0.4 is 4.90 Å². The number of hydrogen-bond donors (Lipinski definition) is 0. The number of non-ortho nitro benzene ring substituents is 1. The molecule has 2 aromatic carbocycles. The molecule has 0 spiro atoms. The summed E-state index contributed by atoms with van der Waals surface area (Å²) in [6.07, 6.45) is 0.513. The third-order valence-electron chi connectivity index (χ3n) is 4.34. The highest BCUT2D eigenvalue weighted by Gasteiger charge is 2.33. The Morgan fingerprint density at radius 3 is 2.54 bits per heavy atom. The molecule has 0 saturated heterocycles. The molecule has 3 rings (SSSR count). The van der Waals surface area contributed by atoms with Gasteiger partial charge in [-0.25, -0.2) is 0 Å². The fourth-order valence-electron chi connectivity index (χ4n) is 3.09. The van der Waals surface area contributed by atoms with Crippen LogP contribution in [0.25, 0.3) is 0 Å². The van der Waals surface area contributed by atoms with Gasteiger partial charge >= 0.3 is 5.97 Å². The number of ether oxygens (including phenoxy) is 1. The molecule has 0 radical (unpaired) electrons. The van der Waals surface area contributed by atoms with E-state index in [2.05, 4.69) is 0 Å². The Labute approximate surface area is 150 Å². The van der Waals surface area contributed by atoms with Gasteiger partial charge in [0.05, 0.1) is 17.4 Å². The lowest BCUT2D eigenvalue weighted by Gasteiger charge is -2.33. The molecule has 0 saturated carbocycles. The van der Waals surface area contributed by atoms with Gasteiger partial charge in [-0.15, -0.1) is 0 Å². The second-order valence-electron chi connectivity index (χ2n) is 6.00. The first-order chi connectivity index (χ1) is 12.5. The van der Waals surface area contributed by atoms with Crippen LogP contribution in [0.4, 0.5) is 11.4 Å². The smallest absolute Gasteiger partial charge is 0.311 e. The van der Waals surface area contributed by atoms with Gasteiger partial charge in [0.25, 0.3) is 11.6 Å². The van der Waals surface area contributed by atoms with Crippen molar-refractivity contribution in [3.8, 4) is 0 Å². The zero-order valence-electron chi connectivity index (χ0n) is 14.3. The van der Waals surface area contributed by atoms with E-state index in [9.17, 15) is 19.7 Å². The summed E-state index contributed by atoms with van der Waals surface area (Å²) in [5.41, 5.74) is 1.89. The minimum Gasteiger partial charge on any atom is -0.466 e. The standard InChI is InChI=1S/C19H18N2O5/c1-2-26-19(23)15-11-14-5-3-4-6-17(14)20(12-15)18(22)13-7-9-16(10-8-13)21(24)25/h3-10,15H,2,11-12H2,1H3/t15-/m1/s1. The van der Waals surface area contributed by atoms with Gasteiger partial charge in [-0.3, -0.25) is 19.7 Å². The first-order valence-electron chi connectivity index (χ1n) is 8.32. The first-order valence-corrected chi connectivity index (χ1v) is 8.32. The number of nitro groups is 1. The molecular weight excluding hydrogens is 336 g/mol. The Balaban J connectivity index is 1.92. The van der Waals surface area contributed by atoms with Crippen LogP contribution in [0.15, 0.2) is 48.5 Å². The molecule has 0 bridgehead atoms. The SMILES string of the molecule is CCOC(=O)[C@@H]1Cc2ccccc2N(C(=O)c2ccc([N+](=O)[O-])cc2)C1. The van der Waals surface area contributed by atoms with E-state index >= 15 is 0 Å². The van der Waals surface area contributed by atoms with E-state index in [1.54, 1.807) is 11.8 Å². The van der Waals surface area contributed by atoms with Gasteiger partial charge in [-0.1, -0.05) is 18.2 Å². The molecule has 0 unspecified atom stereocenters. The molecule has 26 heavy (non-hydrogen) atoms. The summed E-state index contributed by atoms with van der Waals surface area (Å²) in [5, 5.41) is 10.8. The zero-order chi connectivity index (χ0) is 18.7. The van der Waals surface area contributed by atoms with Crippen LogP contribution in [-0.2, 0) is 16.0 Å². The van der Waals surface area contributed by atoms with Crippen LogP contribution in [0, 0.1) is 16.0 Å². The Morgan fingerprint density at radius 2 is 1.88 bits per heavy atom. The van der Waals surface area contributed by atoms with Gasteiger partial charge < -0.3 is 9.64 Å². The maximum absolute atomic E-state index is 13.0. The summed E-state index contributed by atoms with van der Waals surface area (Å²) in [7, 11) is 0. The predicted octanol–water partition coefficient (Wildman–Crippen LogP) is 2.98. The summed E-state index contributed by atoms with van der Waals surface area (Å²) < 4.78 is 5.12. The Hall–Kier alpha value is -3.22. The number of hydrogen-bond acceptors (Lipinski definition) is 5. The third kappa shape index (κ3) is 3.42. The molecule has 1 atom stereocenters. The minimum atomic E-state index is -0.513. The lowest BCUT2D eigenvalue weighted by atomic mass is 9.92. The Bertz CT molecular complexity index is 847. The Kier molecular flexibility index (Phi) is 4.97. The number of anilines is 1. The molecule has 7 nitrogen and oxygen atoms in total. The van der Waals surface area contributed by atoms with Crippen LogP contribution >= 0.6 is 0 Å². The number of amides is 1. The van der Waals surface area contributed by atoms with Crippen LogP contribution in [-0.4, -0.2) is 30.0 Å². The number of rotatable bonds is 4. The van der Waals surface area contributed by atoms with Crippen molar-refractivity contribution in [2.45, 2.75) is 13.3 Å². The van der Waals surface area contributed by atoms with Crippen LogP contribution in [0.5, 0.6) is 0 Å². The maximum Gasteiger partial charge on any atom is 0.311 e. The van der Waals surface area contributed by atoms with Crippen molar-refractivity contribution in [2.75, 3.05) is 18.1 Å². The lowest BCUT2D eigenvalue weighted by Crippen LogP contribution is -2.43. The molecule has 0 fully saturated rings. The van der Waals surface area contributed by atoms with Gasteiger partial charge in [-0.05, 0) is 37.1 Å². The summed E-state index contributed by atoms with van der Waals surface area (Å²) >= 11 is 0. The number of esters is 1. The molecule has 1 amide bonds. The first kappa shape index (κ1) is 17.6. The van der Waals surface area contributed by atoms with Gasteiger partial charge in [0.1, 0.15) is 0 Å². The van der Waals surface area contributed by atoms with Crippen molar-refractivity contribution in [2.24, 2.45) is 5.92 Å². The maximum atomic E-state index is 13.0.